The van der Waals surface area contributed by atoms with Crippen LogP contribution in [0.4, 0.5) is 5.13 Å². The molecule has 1 unspecified atom stereocenters. The summed E-state index contributed by atoms with van der Waals surface area (Å²) in [6.45, 7) is 3.83. The van der Waals surface area contributed by atoms with Crippen molar-refractivity contribution in [2.75, 3.05) is 18.4 Å². The average Bonchev–Trinajstić information content (AvgIpc) is 3.05. The Hall–Kier alpha value is -0.940. The highest BCUT2D eigenvalue weighted by Gasteiger charge is 2.39. The molecule has 1 fully saturated rings. The number of aromatic nitrogens is 1. The van der Waals surface area contributed by atoms with Crippen molar-refractivity contribution in [3.63, 3.8) is 0 Å². The zero-order valence-electron chi connectivity index (χ0n) is 11.4. The van der Waals surface area contributed by atoms with Crippen LogP contribution in [0.15, 0.2) is 0 Å². The molecule has 0 spiro atoms. The van der Waals surface area contributed by atoms with Gasteiger partial charge in [-0.3, -0.25) is 4.79 Å². The SMILES string of the molecule is CCC1(C(=O)Nc2nc3c(s2)CCCC3)CCNC1. The van der Waals surface area contributed by atoms with Crippen molar-refractivity contribution in [3.05, 3.63) is 10.6 Å². The number of rotatable bonds is 3. The molecule has 0 aromatic carbocycles. The molecule has 19 heavy (non-hydrogen) atoms. The van der Waals surface area contributed by atoms with E-state index in [0.717, 1.165) is 43.9 Å². The Kier molecular flexibility index (Phi) is 3.58. The number of hydrogen-bond acceptors (Lipinski definition) is 4. The normalized spacial score (nSPS) is 26.2. The lowest BCUT2D eigenvalue weighted by molar-refractivity contribution is -0.124. The van der Waals surface area contributed by atoms with Crippen LogP contribution < -0.4 is 10.6 Å². The van der Waals surface area contributed by atoms with Crippen LogP contribution >= 0.6 is 11.3 Å². The fourth-order valence-corrected chi connectivity index (χ4v) is 4.08. The minimum absolute atomic E-state index is 0.145. The second-order valence-corrected chi connectivity index (χ2v) is 6.69. The summed E-state index contributed by atoms with van der Waals surface area (Å²) in [5.74, 6) is 0.145. The fourth-order valence-electron chi connectivity index (χ4n) is 3.04. The monoisotopic (exact) mass is 279 g/mol. The third-order valence-corrected chi connectivity index (χ3v) is 5.54. The molecule has 5 heteroatoms. The van der Waals surface area contributed by atoms with Gasteiger partial charge >= 0.3 is 0 Å². The highest BCUT2D eigenvalue weighted by atomic mass is 32.1. The van der Waals surface area contributed by atoms with Gasteiger partial charge in [-0.05, 0) is 45.1 Å². The van der Waals surface area contributed by atoms with Crippen molar-refractivity contribution in [3.8, 4) is 0 Å². The Morgan fingerprint density at radius 2 is 2.32 bits per heavy atom. The summed E-state index contributed by atoms with van der Waals surface area (Å²) in [5, 5.41) is 7.17. The van der Waals surface area contributed by atoms with Gasteiger partial charge in [-0.15, -0.1) is 11.3 Å². The van der Waals surface area contributed by atoms with Crippen LogP contribution in [0.25, 0.3) is 0 Å². The largest absolute Gasteiger partial charge is 0.316 e. The van der Waals surface area contributed by atoms with E-state index in [2.05, 4.69) is 22.5 Å². The van der Waals surface area contributed by atoms with Crippen LogP contribution in [0.3, 0.4) is 0 Å². The lowest BCUT2D eigenvalue weighted by atomic mass is 9.83. The zero-order chi connectivity index (χ0) is 13.3. The predicted molar refractivity (Wildman–Crippen MR) is 77.6 cm³/mol. The predicted octanol–water partition coefficient (Wildman–Crippen LogP) is 2.35. The van der Waals surface area contributed by atoms with Crippen LogP contribution in [0, 0.1) is 5.41 Å². The van der Waals surface area contributed by atoms with Gasteiger partial charge in [0, 0.05) is 11.4 Å². The van der Waals surface area contributed by atoms with Crippen molar-refractivity contribution < 1.29 is 4.79 Å². The van der Waals surface area contributed by atoms with E-state index in [4.69, 9.17) is 0 Å². The number of amides is 1. The van der Waals surface area contributed by atoms with Crippen molar-refractivity contribution in [2.24, 2.45) is 5.41 Å². The average molecular weight is 279 g/mol. The minimum Gasteiger partial charge on any atom is -0.316 e. The topological polar surface area (TPSA) is 54.0 Å². The maximum Gasteiger partial charge on any atom is 0.233 e. The Morgan fingerprint density at radius 3 is 3.00 bits per heavy atom. The van der Waals surface area contributed by atoms with Gasteiger partial charge < -0.3 is 10.6 Å². The summed E-state index contributed by atoms with van der Waals surface area (Å²) < 4.78 is 0. The number of fused-ring (bicyclic) bond motifs is 1. The molecule has 0 saturated carbocycles. The van der Waals surface area contributed by atoms with E-state index in [9.17, 15) is 4.79 Å². The Bertz CT molecular complexity index is 454. The number of nitrogens with one attached hydrogen (secondary N) is 2. The first-order valence-electron chi connectivity index (χ1n) is 7.24. The maximum absolute atomic E-state index is 12.5. The molecule has 1 aliphatic carbocycles. The number of thiazole rings is 1. The van der Waals surface area contributed by atoms with Crippen molar-refractivity contribution in [2.45, 2.75) is 45.4 Å². The molecule has 4 nitrogen and oxygen atoms in total. The standard InChI is InChI=1S/C14H21N3OS/c1-2-14(7-8-15-9-14)12(18)17-13-16-10-5-3-4-6-11(10)19-13/h15H,2-9H2,1H3,(H,16,17,18). The van der Waals surface area contributed by atoms with Crippen LogP contribution in [0.2, 0.25) is 0 Å². The van der Waals surface area contributed by atoms with Gasteiger partial charge in [0.2, 0.25) is 5.91 Å². The van der Waals surface area contributed by atoms with Gasteiger partial charge in [-0.2, -0.15) is 0 Å². The Labute approximate surface area is 118 Å². The molecule has 3 rings (SSSR count). The molecule has 1 aliphatic heterocycles. The third kappa shape index (κ3) is 2.41. The molecule has 2 aliphatic rings. The van der Waals surface area contributed by atoms with Gasteiger partial charge in [-0.25, -0.2) is 4.98 Å². The van der Waals surface area contributed by atoms with E-state index in [1.54, 1.807) is 11.3 Å². The van der Waals surface area contributed by atoms with E-state index in [-0.39, 0.29) is 11.3 Å². The first-order chi connectivity index (χ1) is 9.23. The molecule has 1 saturated heterocycles. The molecule has 104 valence electrons. The van der Waals surface area contributed by atoms with E-state index in [1.165, 1.54) is 23.4 Å². The molecule has 0 bridgehead atoms. The Morgan fingerprint density at radius 1 is 1.47 bits per heavy atom. The molecule has 1 atom stereocenters. The number of carbonyl (C=O) groups excluding carboxylic acids is 1. The second-order valence-electron chi connectivity index (χ2n) is 5.61. The molecule has 1 aromatic heterocycles. The van der Waals surface area contributed by atoms with Crippen LogP contribution in [0.1, 0.15) is 43.2 Å². The van der Waals surface area contributed by atoms with Crippen LogP contribution in [-0.2, 0) is 17.6 Å². The lowest BCUT2D eigenvalue weighted by Crippen LogP contribution is -2.37. The van der Waals surface area contributed by atoms with Crippen LogP contribution in [0.5, 0.6) is 0 Å². The second kappa shape index (κ2) is 5.21. The van der Waals surface area contributed by atoms with E-state index < -0.39 is 0 Å². The number of anilines is 1. The summed E-state index contributed by atoms with van der Waals surface area (Å²) >= 11 is 1.67. The summed E-state index contributed by atoms with van der Waals surface area (Å²) in [5.41, 5.74) is 0.980. The molecule has 2 N–H and O–H groups in total. The van der Waals surface area contributed by atoms with Crippen molar-refractivity contribution >= 4 is 22.4 Å². The molecule has 1 aromatic rings. The number of nitrogens with zero attached hydrogens (tertiary/aromatic N) is 1. The number of carbonyl (C=O) groups is 1. The molecule has 2 heterocycles. The zero-order valence-corrected chi connectivity index (χ0v) is 12.2. The number of aryl methyl sites for hydroxylation is 2. The van der Waals surface area contributed by atoms with Crippen molar-refractivity contribution in [1.82, 2.24) is 10.3 Å². The van der Waals surface area contributed by atoms with E-state index in [0.29, 0.717) is 0 Å². The minimum atomic E-state index is -0.230. The molecular formula is C14H21N3OS. The van der Waals surface area contributed by atoms with Gasteiger partial charge in [0.05, 0.1) is 11.1 Å². The summed E-state index contributed by atoms with van der Waals surface area (Å²) in [7, 11) is 0. The lowest BCUT2D eigenvalue weighted by Gasteiger charge is -2.24. The maximum atomic E-state index is 12.5. The first-order valence-corrected chi connectivity index (χ1v) is 8.06. The molecule has 1 amide bonds. The van der Waals surface area contributed by atoms with Crippen molar-refractivity contribution in [1.29, 1.82) is 0 Å². The summed E-state index contributed by atoms with van der Waals surface area (Å²) in [4.78, 5) is 18.5. The smallest absolute Gasteiger partial charge is 0.233 e. The number of hydrogen-bond donors (Lipinski definition) is 2. The van der Waals surface area contributed by atoms with Gasteiger partial charge in [-0.1, -0.05) is 6.92 Å². The molecule has 0 radical (unpaired) electrons. The van der Waals surface area contributed by atoms with Gasteiger partial charge in [0.25, 0.3) is 0 Å². The highest BCUT2D eigenvalue weighted by Crippen LogP contribution is 2.33. The van der Waals surface area contributed by atoms with E-state index in [1.807, 2.05) is 0 Å². The van der Waals surface area contributed by atoms with Gasteiger partial charge in [0.1, 0.15) is 0 Å². The highest BCUT2D eigenvalue weighted by molar-refractivity contribution is 7.15. The Balaban J connectivity index is 1.73. The van der Waals surface area contributed by atoms with E-state index >= 15 is 0 Å². The fraction of sp³-hybridized carbons (Fsp3) is 0.714. The van der Waals surface area contributed by atoms with Crippen LogP contribution in [-0.4, -0.2) is 24.0 Å². The van der Waals surface area contributed by atoms with Gasteiger partial charge in [0.15, 0.2) is 5.13 Å². The summed E-state index contributed by atoms with van der Waals surface area (Å²) in [6, 6.07) is 0. The first kappa shape index (κ1) is 13.1. The quantitative estimate of drug-likeness (QED) is 0.893. The summed E-state index contributed by atoms with van der Waals surface area (Å²) in [6.07, 6.45) is 6.50. The molecular weight excluding hydrogens is 258 g/mol. The third-order valence-electron chi connectivity index (χ3n) is 4.47.